The summed E-state index contributed by atoms with van der Waals surface area (Å²) in [6, 6.07) is 5.23. The third-order valence-electron chi connectivity index (χ3n) is 3.75. The summed E-state index contributed by atoms with van der Waals surface area (Å²) in [7, 11) is 1.37. The van der Waals surface area contributed by atoms with Crippen LogP contribution in [0, 0.1) is 11.3 Å². The standard InChI is InChI=1S/C15H24N2O2/c1-10(2)15(3,4)9-17-13-7-6-11(16)8-12(13)14(18)19-5/h6-8,10,17H,9,16H2,1-5H3. The second-order valence-electron chi connectivity index (χ2n) is 5.79. The molecule has 0 saturated carbocycles. The lowest BCUT2D eigenvalue weighted by atomic mass is 9.81. The van der Waals surface area contributed by atoms with E-state index in [0.717, 1.165) is 12.2 Å². The molecule has 0 radical (unpaired) electrons. The SMILES string of the molecule is COC(=O)c1cc(N)ccc1NCC(C)(C)C(C)C. The number of anilines is 2. The van der Waals surface area contributed by atoms with Crippen LogP contribution >= 0.6 is 0 Å². The maximum absolute atomic E-state index is 11.7. The van der Waals surface area contributed by atoms with Crippen LogP contribution < -0.4 is 11.1 Å². The molecule has 0 aromatic heterocycles. The van der Waals surface area contributed by atoms with Gasteiger partial charge in [0.25, 0.3) is 0 Å². The van der Waals surface area contributed by atoms with Gasteiger partial charge in [-0.2, -0.15) is 0 Å². The Bertz CT molecular complexity index is 453. The van der Waals surface area contributed by atoms with Gasteiger partial charge in [-0.25, -0.2) is 4.79 Å². The summed E-state index contributed by atoms with van der Waals surface area (Å²) in [6.07, 6.45) is 0. The zero-order valence-corrected chi connectivity index (χ0v) is 12.4. The number of ether oxygens (including phenoxy) is 1. The van der Waals surface area contributed by atoms with Crippen molar-refractivity contribution in [1.29, 1.82) is 0 Å². The molecule has 0 bridgehead atoms. The van der Waals surface area contributed by atoms with Crippen LogP contribution in [-0.2, 0) is 4.74 Å². The van der Waals surface area contributed by atoms with E-state index in [4.69, 9.17) is 10.5 Å². The van der Waals surface area contributed by atoms with Crippen LogP contribution in [-0.4, -0.2) is 19.6 Å². The van der Waals surface area contributed by atoms with Crippen LogP contribution in [0.3, 0.4) is 0 Å². The smallest absolute Gasteiger partial charge is 0.340 e. The number of nitrogens with two attached hydrogens (primary N) is 1. The minimum absolute atomic E-state index is 0.134. The maximum atomic E-state index is 11.7. The van der Waals surface area contributed by atoms with Crippen molar-refractivity contribution in [3.8, 4) is 0 Å². The topological polar surface area (TPSA) is 64.3 Å². The van der Waals surface area contributed by atoms with Crippen LogP contribution in [0.5, 0.6) is 0 Å². The van der Waals surface area contributed by atoms with Crippen molar-refractivity contribution in [2.45, 2.75) is 27.7 Å². The summed E-state index contributed by atoms with van der Waals surface area (Å²) in [5, 5.41) is 3.32. The monoisotopic (exact) mass is 264 g/mol. The Morgan fingerprint density at radius 2 is 2.05 bits per heavy atom. The second kappa shape index (κ2) is 5.95. The Balaban J connectivity index is 2.92. The van der Waals surface area contributed by atoms with Gasteiger partial charge in [0.1, 0.15) is 0 Å². The molecule has 0 aliphatic heterocycles. The van der Waals surface area contributed by atoms with Crippen molar-refractivity contribution in [2.75, 3.05) is 24.7 Å². The molecule has 0 aliphatic rings. The fraction of sp³-hybridized carbons (Fsp3) is 0.533. The highest BCUT2D eigenvalue weighted by atomic mass is 16.5. The van der Waals surface area contributed by atoms with E-state index in [1.165, 1.54) is 7.11 Å². The first-order chi connectivity index (χ1) is 8.77. The summed E-state index contributed by atoms with van der Waals surface area (Å²) in [5.74, 6) is 0.160. The van der Waals surface area contributed by atoms with Gasteiger partial charge in [0, 0.05) is 17.9 Å². The number of rotatable bonds is 5. The predicted octanol–water partition coefficient (Wildman–Crippen LogP) is 3.15. The van der Waals surface area contributed by atoms with Gasteiger partial charge in [-0.3, -0.25) is 0 Å². The van der Waals surface area contributed by atoms with E-state index in [0.29, 0.717) is 17.2 Å². The van der Waals surface area contributed by atoms with Gasteiger partial charge in [-0.15, -0.1) is 0 Å². The fourth-order valence-electron chi connectivity index (χ4n) is 1.52. The number of carbonyl (C=O) groups excluding carboxylic acids is 1. The van der Waals surface area contributed by atoms with E-state index < -0.39 is 0 Å². The van der Waals surface area contributed by atoms with Gasteiger partial charge in [0.15, 0.2) is 0 Å². The van der Waals surface area contributed by atoms with Crippen LogP contribution in [0.4, 0.5) is 11.4 Å². The first-order valence-electron chi connectivity index (χ1n) is 6.49. The molecule has 0 saturated heterocycles. The molecular weight excluding hydrogens is 240 g/mol. The van der Waals surface area contributed by atoms with Crippen LogP contribution in [0.15, 0.2) is 18.2 Å². The maximum Gasteiger partial charge on any atom is 0.340 e. The number of carbonyl (C=O) groups is 1. The molecule has 0 unspecified atom stereocenters. The van der Waals surface area contributed by atoms with Crippen LogP contribution in [0.1, 0.15) is 38.1 Å². The molecule has 19 heavy (non-hydrogen) atoms. The Morgan fingerprint density at radius 3 is 2.58 bits per heavy atom. The highest BCUT2D eigenvalue weighted by molar-refractivity contribution is 5.96. The van der Waals surface area contributed by atoms with E-state index in [9.17, 15) is 4.79 Å². The van der Waals surface area contributed by atoms with Crippen molar-refractivity contribution in [3.05, 3.63) is 23.8 Å². The largest absolute Gasteiger partial charge is 0.465 e. The van der Waals surface area contributed by atoms with Crippen molar-refractivity contribution in [3.63, 3.8) is 0 Å². The normalized spacial score (nSPS) is 11.5. The zero-order valence-electron chi connectivity index (χ0n) is 12.4. The van der Waals surface area contributed by atoms with Crippen LogP contribution in [0.2, 0.25) is 0 Å². The molecule has 0 aliphatic carbocycles. The Labute approximate surface area is 115 Å². The van der Waals surface area contributed by atoms with E-state index in [1.807, 2.05) is 6.07 Å². The van der Waals surface area contributed by atoms with E-state index in [2.05, 4.69) is 33.0 Å². The average Bonchev–Trinajstić information content (AvgIpc) is 2.36. The predicted molar refractivity (Wildman–Crippen MR) is 79.3 cm³/mol. The Hall–Kier alpha value is -1.71. The second-order valence-corrected chi connectivity index (χ2v) is 5.79. The van der Waals surface area contributed by atoms with Gasteiger partial charge in [0.2, 0.25) is 0 Å². The lowest BCUT2D eigenvalue weighted by Gasteiger charge is -2.30. The lowest BCUT2D eigenvalue weighted by Crippen LogP contribution is -2.29. The first kappa shape index (κ1) is 15.3. The Kier molecular flexibility index (Phi) is 4.81. The van der Waals surface area contributed by atoms with Gasteiger partial charge >= 0.3 is 5.97 Å². The van der Waals surface area contributed by atoms with Crippen LogP contribution in [0.25, 0.3) is 0 Å². The van der Waals surface area contributed by atoms with Crippen molar-refractivity contribution >= 4 is 17.3 Å². The number of nitrogen functional groups attached to an aromatic ring is 1. The molecule has 0 atom stereocenters. The summed E-state index contributed by atoms with van der Waals surface area (Å²) in [5.41, 5.74) is 7.63. The van der Waals surface area contributed by atoms with Gasteiger partial charge in [0.05, 0.1) is 12.7 Å². The minimum Gasteiger partial charge on any atom is -0.465 e. The molecule has 3 N–H and O–H groups in total. The molecule has 0 spiro atoms. The van der Waals surface area contributed by atoms with Crippen molar-refractivity contribution in [2.24, 2.45) is 11.3 Å². The molecule has 1 aromatic carbocycles. The quantitative estimate of drug-likeness (QED) is 0.633. The molecular formula is C15H24N2O2. The highest BCUT2D eigenvalue weighted by Crippen LogP contribution is 2.28. The molecule has 0 amide bonds. The molecule has 4 nitrogen and oxygen atoms in total. The van der Waals surface area contributed by atoms with Gasteiger partial charge < -0.3 is 15.8 Å². The van der Waals surface area contributed by atoms with E-state index in [-0.39, 0.29) is 11.4 Å². The number of benzene rings is 1. The minimum atomic E-state index is -0.378. The molecule has 0 fully saturated rings. The Morgan fingerprint density at radius 1 is 1.42 bits per heavy atom. The highest BCUT2D eigenvalue weighted by Gasteiger charge is 2.23. The summed E-state index contributed by atoms with van der Waals surface area (Å²) >= 11 is 0. The van der Waals surface area contributed by atoms with Gasteiger partial charge in [-0.05, 0) is 29.5 Å². The number of hydrogen-bond acceptors (Lipinski definition) is 4. The lowest BCUT2D eigenvalue weighted by molar-refractivity contribution is 0.0602. The van der Waals surface area contributed by atoms with E-state index >= 15 is 0 Å². The van der Waals surface area contributed by atoms with Crippen molar-refractivity contribution < 1.29 is 9.53 Å². The molecule has 106 valence electrons. The number of nitrogens with one attached hydrogen (secondary N) is 1. The summed E-state index contributed by atoms with van der Waals surface area (Å²) < 4.78 is 4.78. The number of esters is 1. The number of hydrogen-bond donors (Lipinski definition) is 2. The molecule has 1 aromatic rings. The molecule has 0 heterocycles. The molecule has 1 rings (SSSR count). The summed E-state index contributed by atoms with van der Waals surface area (Å²) in [6.45, 7) is 9.54. The number of methoxy groups -OCH3 is 1. The van der Waals surface area contributed by atoms with E-state index in [1.54, 1.807) is 12.1 Å². The van der Waals surface area contributed by atoms with Gasteiger partial charge in [-0.1, -0.05) is 27.7 Å². The third kappa shape index (κ3) is 3.88. The average molecular weight is 264 g/mol. The summed E-state index contributed by atoms with van der Waals surface area (Å²) in [4.78, 5) is 11.7. The zero-order chi connectivity index (χ0) is 14.6. The fourth-order valence-corrected chi connectivity index (χ4v) is 1.52. The first-order valence-corrected chi connectivity index (χ1v) is 6.49. The van der Waals surface area contributed by atoms with Crippen molar-refractivity contribution in [1.82, 2.24) is 0 Å². The third-order valence-corrected chi connectivity index (χ3v) is 3.75. The molecule has 4 heteroatoms.